The molecule has 150 valence electrons. The number of rotatable bonds is 4. The van der Waals surface area contributed by atoms with Gasteiger partial charge in [0.1, 0.15) is 11.5 Å². The third-order valence-electron chi connectivity index (χ3n) is 5.06. The molecule has 1 aliphatic heterocycles. The van der Waals surface area contributed by atoms with Crippen LogP contribution in [0.25, 0.3) is 11.3 Å². The molecule has 7 nitrogen and oxygen atoms in total. The summed E-state index contributed by atoms with van der Waals surface area (Å²) in [6.07, 6.45) is 0.790. The molecule has 0 bridgehead atoms. The lowest BCUT2D eigenvalue weighted by Crippen LogP contribution is -2.36. The van der Waals surface area contributed by atoms with Gasteiger partial charge in [0.2, 0.25) is 5.91 Å². The average molecular weight is 415 g/mol. The van der Waals surface area contributed by atoms with E-state index < -0.39 is 0 Å². The summed E-state index contributed by atoms with van der Waals surface area (Å²) in [7, 11) is 0. The maximum atomic E-state index is 12.8. The van der Waals surface area contributed by atoms with Gasteiger partial charge >= 0.3 is 0 Å². The molecule has 1 aromatic heterocycles. The minimum atomic E-state index is -0.231. The van der Waals surface area contributed by atoms with E-state index in [1.165, 1.54) is 6.07 Å². The van der Waals surface area contributed by atoms with Gasteiger partial charge in [-0.15, -0.1) is 0 Å². The zero-order valence-electron chi connectivity index (χ0n) is 15.4. The smallest absolute Gasteiger partial charge is 0.227 e. The van der Waals surface area contributed by atoms with Gasteiger partial charge in [0.15, 0.2) is 5.76 Å². The van der Waals surface area contributed by atoms with Crippen molar-refractivity contribution in [1.29, 1.82) is 0 Å². The van der Waals surface area contributed by atoms with Crippen LogP contribution in [0.5, 0.6) is 11.5 Å². The predicted octanol–water partition coefficient (Wildman–Crippen LogP) is 3.03. The van der Waals surface area contributed by atoms with Crippen molar-refractivity contribution in [2.75, 3.05) is 6.54 Å². The summed E-state index contributed by atoms with van der Waals surface area (Å²) in [4.78, 5) is 14.5. The van der Waals surface area contributed by atoms with Crippen LogP contribution in [0.1, 0.15) is 22.4 Å². The van der Waals surface area contributed by atoms with Gasteiger partial charge in [-0.2, -0.15) is 0 Å². The van der Waals surface area contributed by atoms with Crippen molar-refractivity contribution < 1.29 is 24.6 Å². The molecule has 1 amide bonds. The van der Waals surface area contributed by atoms with Crippen molar-refractivity contribution in [3.05, 3.63) is 63.8 Å². The highest BCUT2D eigenvalue weighted by Crippen LogP contribution is 2.40. The van der Waals surface area contributed by atoms with Crippen LogP contribution in [0.4, 0.5) is 0 Å². The number of hydrogen-bond acceptors (Lipinski definition) is 6. The zero-order chi connectivity index (χ0) is 20.5. The third kappa shape index (κ3) is 3.79. The number of phenolic OH excluding ortho intramolecular Hbond substituents is 2. The van der Waals surface area contributed by atoms with Crippen LogP contribution in [0.2, 0.25) is 5.02 Å². The van der Waals surface area contributed by atoms with E-state index in [0.717, 1.165) is 28.5 Å². The SMILES string of the molecule is O=C(Cc1ccc(CO)cc1)N1CCc2noc(-c3cc(Cl)c(O)cc3O)c2C1. The number of aliphatic hydroxyl groups is 1. The fourth-order valence-corrected chi connectivity index (χ4v) is 3.58. The number of halogens is 1. The van der Waals surface area contributed by atoms with Crippen molar-refractivity contribution in [2.45, 2.75) is 26.0 Å². The topological polar surface area (TPSA) is 107 Å². The number of carbonyl (C=O) groups is 1. The lowest BCUT2D eigenvalue weighted by atomic mass is 10.00. The largest absolute Gasteiger partial charge is 0.507 e. The first-order valence-corrected chi connectivity index (χ1v) is 9.49. The number of aliphatic hydroxyl groups excluding tert-OH is 1. The number of phenols is 2. The van der Waals surface area contributed by atoms with Gasteiger partial charge < -0.3 is 24.7 Å². The number of nitrogens with zero attached hydrogens (tertiary/aromatic N) is 2. The molecule has 0 saturated heterocycles. The first kappa shape index (κ1) is 19.3. The number of aromatic nitrogens is 1. The molecule has 0 atom stereocenters. The maximum absolute atomic E-state index is 12.8. The molecule has 0 unspecified atom stereocenters. The molecule has 3 aromatic rings. The van der Waals surface area contributed by atoms with Crippen molar-refractivity contribution in [2.24, 2.45) is 0 Å². The predicted molar refractivity (Wildman–Crippen MR) is 105 cm³/mol. The molecular weight excluding hydrogens is 396 g/mol. The van der Waals surface area contributed by atoms with Gasteiger partial charge in [-0.25, -0.2) is 0 Å². The molecule has 1 aliphatic rings. The normalized spacial score (nSPS) is 13.4. The van der Waals surface area contributed by atoms with Gasteiger partial charge in [0, 0.05) is 24.6 Å². The van der Waals surface area contributed by atoms with Crippen molar-refractivity contribution >= 4 is 17.5 Å². The molecule has 4 rings (SSSR count). The van der Waals surface area contributed by atoms with Crippen molar-refractivity contribution in [1.82, 2.24) is 10.1 Å². The van der Waals surface area contributed by atoms with Gasteiger partial charge in [-0.3, -0.25) is 4.79 Å². The van der Waals surface area contributed by atoms with Crippen LogP contribution < -0.4 is 0 Å². The summed E-state index contributed by atoms with van der Waals surface area (Å²) in [5.41, 5.74) is 3.43. The molecule has 2 heterocycles. The molecule has 8 heteroatoms. The molecule has 2 aromatic carbocycles. The zero-order valence-corrected chi connectivity index (χ0v) is 16.2. The molecule has 0 radical (unpaired) electrons. The van der Waals surface area contributed by atoms with Gasteiger partial charge in [-0.05, 0) is 17.2 Å². The molecule has 0 saturated carbocycles. The Kier molecular flexibility index (Phi) is 5.17. The third-order valence-corrected chi connectivity index (χ3v) is 5.36. The Morgan fingerprint density at radius 3 is 2.59 bits per heavy atom. The Morgan fingerprint density at radius 1 is 1.14 bits per heavy atom. The standard InChI is InChI=1S/C21H19ClN2O5/c22-16-8-14(18(26)9-19(16)27)21-15-10-24(6-5-17(15)23-29-21)20(28)7-12-1-3-13(11-25)4-2-12/h1-4,8-9,25-27H,5-7,10-11H2. The molecule has 29 heavy (non-hydrogen) atoms. The van der Waals surface area contributed by atoms with E-state index in [1.54, 1.807) is 17.0 Å². The van der Waals surface area contributed by atoms with Crippen molar-refractivity contribution in [3.63, 3.8) is 0 Å². The highest BCUT2D eigenvalue weighted by Gasteiger charge is 2.28. The van der Waals surface area contributed by atoms with Crippen LogP contribution in [-0.2, 0) is 30.8 Å². The first-order chi connectivity index (χ1) is 14.0. The number of carbonyl (C=O) groups excluding carboxylic acids is 1. The van der Waals surface area contributed by atoms with Gasteiger partial charge in [0.05, 0.1) is 35.9 Å². The number of amides is 1. The lowest BCUT2D eigenvalue weighted by Gasteiger charge is -2.26. The molecular formula is C21H19ClN2O5. The summed E-state index contributed by atoms with van der Waals surface area (Å²) >= 11 is 5.97. The quantitative estimate of drug-likeness (QED) is 0.605. The van der Waals surface area contributed by atoms with Crippen LogP contribution in [0, 0.1) is 0 Å². The second-order valence-electron chi connectivity index (χ2n) is 6.97. The van der Waals surface area contributed by atoms with Crippen LogP contribution in [0.15, 0.2) is 40.9 Å². The van der Waals surface area contributed by atoms with E-state index in [0.29, 0.717) is 30.8 Å². The Hall–Kier alpha value is -3.03. The Labute approximate surface area is 171 Å². The van der Waals surface area contributed by atoms with Crippen LogP contribution >= 0.6 is 11.6 Å². The second-order valence-corrected chi connectivity index (χ2v) is 7.38. The van der Waals surface area contributed by atoms with Crippen LogP contribution in [0.3, 0.4) is 0 Å². The molecule has 0 spiro atoms. The summed E-state index contributed by atoms with van der Waals surface area (Å²) in [6, 6.07) is 9.82. The second kappa shape index (κ2) is 7.77. The minimum Gasteiger partial charge on any atom is -0.507 e. The monoisotopic (exact) mass is 414 g/mol. The number of aromatic hydroxyl groups is 2. The Morgan fingerprint density at radius 2 is 1.86 bits per heavy atom. The summed E-state index contributed by atoms with van der Waals surface area (Å²) in [6.45, 7) is 0.794. The average Bonchev–Trinajstić information content (AvgIpc) is 3.14. The van der Waals surface area contributed by atoms with E-state index >= 15 is 0 Å². The summed E-state index contributed by atoms with van der Waals surface area (Å²) in [5.74, 6) is -0.111. The number of benzene rings is 2. The highest BCUT2D eigenvalue weighted by molar-refractivity contribution is 6.32. The van der Waals surface area contributed by atoms with E-state index in [2.05, 4.69) is 5.16 Å². The number of hydrogen-bond donors (Lipinski definition) is 3. The van der Waals surface area contributed by atoms with E-state index in [-0.39, 0.29) is 35.5 Å². The van der Waals surface area contributed by atoms with Gasteiger partial charge in [-0.1, -0.05) is 41.0 Å². The summed E-state index contributed by atoms with van der Waals surface area (Å²) in [5, 5.41) is 33.1. The molecule has 0 fully saturated rings. The first-order valence-electron chi connectivity index (χ1n) is 9.12. The van der Waals surface area contributed by atoms with Crippen molar-refractivity contribution in [3.8, 4) is 22.8 Å². The Bertz CT molecular complexity index is 1060. The Balaban J connectivity index is 1.56. The minimum absolute atomic E-state index is 0.0342. The fourth-order valence-electron chi connectivity index (χ4n) is 3.42. The lowest BCUT2D eigenvalue weighted by molar-refractivity contribution is -0.131. The highest BCUT2D eigenvalue weighted by atomic mass is 35.5. The molecule has 0 aliphatic carbocycles. The maximum Gasteiger partial charge on any atom is 0.227 e. The summed E-state index contributed by atoms with van der Waals surface area (Å²) < 4.78 is 5.44. The number of fused-ring (bicyclic) bond motifs is 1. The molecule has 3 N–H and O–H groups in total. The van der Waals surface area contributed by atoms with E-state index in [9.17, 15) is 15.0 Å². The van der Waals surface area contributed by atoms with Gasteiger partial charge in [0.25, 0.3) is 0 Å². The van der Waals surface area contributed by atoms with E-state index in [1.807, 2.05) is 12.1 Å². The van der Waals surface area contributed by atoms with Crippen LogP contribution in [-0.4, -0.2) is 37.8 Å². The van der Waals surface area contributed by atoms with E-state index in [4.69, 9.17) is 21.2 Å². The fraction of sp³-hybridized carbons (Fsp3) is 0.238.